The fourth-order valence-corrected chi connectivity index (χ4v) is 3.92. The summed E-state index contributed by atoms with van der Waals surface area (Å²) in [5.74, 6) is -0.278. The van der Waals surface area contributed by atoms with Crippen LogP contribution in [0.1, 0.15) is 12.8 Å². The Morgan fingerprint density at radius 3 is 2.72 bits per heavy atom. The van der Waals surface area contributed by atoms with Gasteiger partial charge in [-0.3, -0.25) is 9.59 Å². The molecular weight excluding hydrogens is 336 g/mol. The smallest absolute Gasteiger partial charge is 0.275 e. The van der Waals surface area contributed by atoms with Crippen molar-refractivity contribution in [2.24, 2.45) is 0 Å². The minimum Gasteiger partial charge on any atom is -0.348 e. The Labute approximate surface area is 151 Å². The number of nitriles is 1. The second kappa shape index (κ2) is 7.30. The predicted octanol–water partition coefficient (Wildman–Crippen LogP) is 0.326. The maximum atomic E-state index is 12.6. The molecule has 1 aromatic rings. The monoisotopic (exact) mass is 357 g/mol. The van der Waals surface area contributed by atoms with E-state index in [0.29, 0.717) is 11.1 Å². The van der Waals surface area contributed by atoms with E-state index in [1.165, 1.54) is 11.8 Å². The summed E-state index contributed by atoms with van der Waals surface area (Å²) in [5, 5.41) is 13.1. The van der Waals surface area contributed by atoms with Crippen molar-refractivity contribution in [3.8, 4) is 6.07 Å². The number of benzene rings is 1. The van der Waals surface area contributed by atoms with E-state index in [-0.39, 0.29) is 30.4 Å². The molecule has 0 bridgehead atoms. The van der Waals surface area contributed by atoms with Gasteiger partial charge in [-0.2, -0.15) is 5.26 Å². The Balaban J connectivity index is 1.67. The first kappa shape index (κ1) is 17.5. The number of thioether (sulfide) groups is 1. The third-order valence-electron chi connectivity index (χ3n) is 4.21. The number of para-hydroxylation sites is 1. The van der Waals surface area contributed by atoms with Crippen molar-refractivity contribution >= 4 is 29.1 Å². The number of hydrogen-bond acceptors (Lipinski definition) is 5. The first-order valence-corrected chi connectivity index (χ1v) is 9.10. The summed E-state index contributed by atoms with van der Waals surface area (Å²) < 4.78 is 0. The van der Waals surface area contributed by atoms with Crippen molar-refractivity contribution in [1.82, 2.24) is 5.32 Å². The highest BCUT2D eigenvalue weighted by atomic mass is 32.2. The van der Waals surface area contributed by atoms with Crippen LogP contribution in [0, 0.1) is 11.3 Å². The van der Waals surface area contributed by atoms with Crippen LogP contribution in [-0.4, -0.2) is 44.9 Å². The zero-order valence-electron chi connectivity index (χ0n) is 14.3. The number of ketones is 1. The normalized spacial score (nSPS) is 19.0. The first-order valence-electron chi connectivity index (χ1n) is 8.28. The highest BCUT2D eigenvalue weighted by Crippen LogP contribution is 2.45. The van der Waals surface area contributed by atoms with E-state index >= 15 is 0 Å². The number of nitrogens with one attached hydrogen (secondary N) is 2. The van der Waals surface area contributed by atoms with Crippen LogP contribution in [0.3, 0.4) is 0 Å². The minimum atomic E-state index is -0.235. The van der Waals surface area contributed by atoms with Crippen molar-refractivity contribution < 1.29 is 14.5 Å². The number of Topliss-reactive ketones (excluding diaryl/α,β-unsaturated/α-hetero) is 1. The topological polar surface area (TPSA) is 77.6 Å². The minimum absolute atomic E-state index is 0.0428. The van der Waals surface area contributed by atoms with Crippen LogP contribution in [-0.2, 0) is 9.59 Å². The Bertz CT molecular complexity index is 780. The van der Waals surface area contributed by atoms with Gasteiger partial charge in [0.15, 0.2) is 6.54 Å². The van der Waals surface area contributed by atoms with Crippen LogP contribution in [0.15, 0.2) is 39.8 Å². The molecule has 0 radical (unpaired) electrons. The molecule has 1 heterocycles. The van der Waals surface area contributed by atoms with Crippen molar-refractivity contribution in [3.63, 3.8) is 0 Å². The Morgan fingerprint density at radius 2 is 2.08 bits per heavy atom. The van der Waals surface area contributed by atoms with E-state index in [2.05, 4.69) is 11.4 Å². The van der Waals surface area contributed by atoms with Crippen molar-refractivity contribution in [2.45, 2.75) is 23.8 Å². The van der Waals surface area contributed by atoms with Gasteiger partial charge in [-0.15, -0.1) is 0 Å². The molecule has 3 rings (SSSR count). The predicted molar refractivity (Wildman–Crippen MR) is 96.1 cm³/mol. The van der Waals surface area contributed by atoms with Crippen LogP contribution in [0.25, 0.3) is 0 Å². The molecule has 2 N–H and O–H groups in total. The molecule has 1 saturated carbocycles. The van der Waals surface area contributed by atoms with Crippen LogP contribution in [0.2, 0.25) is 0 Å². The Morgan fingerprint density at radius 1 is 1.36 bits per heavy atom. The van der Waals surface area contributed by atoms with Crippen LogP contribution in [0.5, 0.6) is 0 Å². The highest BCUT2D eigenvalue weighted by Gasteiger charge is 2.30. The number of rotatable bonds is 6. The maximum Gasteiger partial charge on any atom is 0.275 e. The van der Waals surface area contributed by atoms with Gasteiger partial charge in [0.2, 0.25) is 5.78 Å². The lowest BCUT2D eigenvalue weighted by Gasteiger charge is -2.16. The SMILES string of the molecule is CN1/C(=C(/C#N)C(=O)C[NH+](C)CC(=O)NC2CC2)Sc2ccccc21. The van der Waals surface area contributed by atoms with Gasteiger partial charge in [0, 0.05) is 18.0 Å². The van der Waals surface area contributed by atoms with Gasteiger partial charge in [-0.25, -0.2) is 0 Å². The van der Waals surface area contributed by atoms with Crippen LogP contribution < -0.4 is 15.1 Å². The van der Waals surface area contributed by atoms with Crippen molar-refractivity contribution in [1.29, 1.82) is 5.26 Å². The molecule has 1 atom stereocenters. The third kappa shape index (κ3) is 4.03. The van der Waals surface area contributed by atoms with E-state index in [9.17, 15) is 14.9 Å². The largest absolute Gasteiger partial charge is 0.348 e. The molecule has 1 aliphatic heterocycles. The fourth-order valence-electron chi connectivity index (χ4n) is 2.76. The molecule has 25 heavy (non-hydrogen) atoms. The number of hydrogen-bond donors (Lipinski definition) is 2. The van der Waals surface area contributed by atoms with Gasteiger partial charge in [0.05, 0.1) is 12.7 Å². The van der Waals surface area contributed by atoms with Gasteiger partial charge in [-0.1, -0.05) is 23.9 Å². The summed E-state index contributed by atoms with van der Waals surface area (Å²) >= 11 is 1.44. The van der Waals surface area contributed by atoms with E-state index in [1.54, 1.807) is 7.05 Å². The molecule has 6 nitrogen and oxygen atoms in total. The lowest BCUT2D eigenvalue weighted by molar-refractivity contribution is -0.862. The standard InChI is InChI=1S/C18H20N4O2S/c1-21(11-17(24)20-12-7-8-12)10-15(23)13(9-19)18-22(2)14-5-3-4-6-16(14)25-18/h3-6,12H,7-8,10-11H2,1-2H3,(H,20,24)/p+1/b18-13+. The average molecular weight is 357 g/mol. The Hall–Kier alpha value is -2.30. The van der Waals surface area contributed by atoms with E-state index < -0.39 is 0 Å². The Kier molecular flexibility index (Phi) is 5.11. The summed E-state index contributed by atoms with van der Waals surface area (Å²) in [7, 11) is 3.66. The quantitative estimate of drug-likeness (QED) is 0.567. The van der Waals surface area contributed by atoms with Gasteiger partial charge in [-0.05, 0) is 25.0 Å². The summed E-state index contributed by atoms with van der Waals surface area (Å²) in [6.07, 6.45) is 2.08. The molecule has 1 fully saturated rings. The number of amides is 1. The molecule has 1 amide bonds. The van der Waals surface area contributed by atoms with E-state index in [1.807, 2.05) is 36.2 Å². The molecule has 0 saturated heterocycles. The lowest BCUT2D eigenvalue weighted by atomic mass is 10.2. The van der Waals surface area contributed by atoms with Gasteiger partial charge in [0.25, 0.3) is 5.91 Å². The maximum absolute atomic E-state index is 12.6. The third-order valence-corrected chi connectivity index (χ3v) is 5.45. The number of nitrogens with zero attached hydrogens (tertiary/aromatic N) is 2. The second-order valence-electron chi connectivity index (χ2n) is 6.50. The van der Waals surface area contributed by atoms with Gasteiger partial charge in [0.1, 0.15) is 23.2 Å². The second-order valence-corrected chi connectivity index (χ2v) is 7.53. The molecule has 1 aromatic carbocycles. The summed E-state index contributed by atoms with van der Waals surface area (Å²) in [6.45, 7) is 0.356. The molecule has 1 aliphatic carbocycles. The number of quaternary nitrogens is 1. The van der Waals surface area contributed by atoms with Crippen LogP contribution in [0.4, 0.5) is 5.69 Å². The zero-order chi connectivity index (χ0) is 18.0. The molecular formula is C18H21N4O2S+. The molecule has 2 aliphatic rings. The van der Waals surface area contributed by atoms with E-state index in [0.717, 1.165) is 28.3 Å². The highest BCUT2D eigenvalue weighted by molar-refractivity contribution is 8.03. The van der Waals surface area contributed by atoms with Gasteiger partial charge < -0.3 is 15.1 Å². The molecule has 130 valence electrons. The first-order chi connectivity index (χ1) is 12.0. The zero-order valence-corrected chi connectivity index (χ0v) is 15.2. The molecule has 0 aromatic heterocycles. The molecule has 7 heteroatoms. The fraction of sp³-hybridized carbons (Fsp3) is 0.389. The van der Waals surface area contributed by atoms with Gasteiger partial charge >= 0.3 is 0 Å². The molecule has 1 unspecified atom stereocenters. The summed E-state index contributed by atoms with van der Waals surface area (Å²) in [6, 6.07) is 10.2. The van der Waals surface area contributed by atoms with Crippen molar-refractivity contribution in [2.75, 3.05) is 32.1 Å². The van der Waals surface area contributed by atoms with E-state index in [4.69, 9.17) is 0 Å². The number of anilines is 1. The lowest BCUT2D eigenvalue weighted by Crippen LogP contribution is -3.11. The number of carbonyl (C=O) groups excluding carboxylic acids is 2. The van der Waals surface area contributed by atoms with Crippen LogP contribution >= 0.6 is 11.8 Å². The summed E-state index contributed by atoms with van der Waals surface area (Å²) in [4.78, 5) is 28.2. The average Bonchev–Trinajstić information content (AvgIpc) is 3.31. The van der Waals surface area contributed by atoms with Crippen molar-refractivity contribution in [3.05, 3.63) is 34.9 Å². The molecule has 0 spiro atoms. The number of fused-ring (bicyclic) bond motifs is 1. The number of likely N-dealkylation sites (N-methyl/N-ethyl adjacent to an activating group) is 1. The number of carbonyl (C=O) groups is 2. The summed E-state index contributed by atoms with van der Waals surface area (Å²) in [5.41, 5.74) is 1.15.